The number of nitrogens with one attached hydrogen (secondary N) is 2. The molecule has 0 bridgehead atoms. The van der Waals surface area contributed by atoms with Crippen LogP contribution < -0.4 is 9.44 Å². The average molecular weight is 551 g/mol. The van der Waals surface area contributed by atoms with Crippen molar-refractivity contribution >= 4 is 65.4 Å². The number of hydrogen-bond donors (Lipinski definition) is 3. The number of phenolic OH excluding ortho intramolecular Hbond substituents is 1. The van der Waals surface area contributed by atoms with Crippen LogP contribution >= 0.6 is 23.2 Å². The average Bonchev–Trinajstić information content (AvgIpc) is 2.76. The van der Waals surface area contributed by atoms with Gasteiger partial charge in [-0.05, 0) is 91.0 Å². The summed E-state index contributed by atoms with van der Waals surface area (Å²) in [4.78, 5) is -0.577. The van der Waals surface area contributed by atoms with E-state index in [1.807, 2.05) is 0 Å². The minimum Gasteiger partial charge on any atom is -0.508 e. The molecule has 0 aliphatic carbocycles. The Morgan fingerprint density at radius 2 is 1.23 bits per heavy atom. The number of phenols is 1. The van der Waals surface area contributed by atoms with Crippen LogP contribution in [0.3, 0.4) is 0 Å². The molecule has 0 aliphatic rings. The topological polar surface area (TPSA) is 113 Å². The lowest BCUT2D eigenvalue weighted by molar-refractivity contribution is 0.476. The summed E-state index contributed by atoms with van der Waals surface area (Å²) < 4.78 is 58.4. The van der Waals surface area contributed by atoms with Gasteiger partial charge in [0.2, 0.25) is 0 Å². The third-order valence-electron chi connectivity index (χ3n) is 5.34. The van der Waals surface area contributed by atoms with Crippen molar-refractivity contribution < 1.29 is 21.9 Å². The van der Waals surface area contributed by atoms with Gasteiger partial charge >= 0.3 is 0 Å². The SMILES string of the molecule is Cc1cc(Cl)ccc1NS(=O)(=O)c1cc(S(=O)(=O)Nc2ccc(Cl)cc2C)c2cc(O)ccc2c1. The molecule has 0 aliphatic heterocycles. The molecular formula is C24H20Cl2N2O5S2. The molecule has 4 aromatic carbocycles. The van der Waals surface area contributed by atoms with E-state index in [1.54, 1.807) is 32.0 Å². The van der Waals surface area contributed by atoms with E-state index in [9.17, 15) is 21.9 Å². The van der Waals surface area contributed by atoms with Crippen molar-refractivity contribution in [1.29, 1.82) is 0 Å². The fourth-order valence-corrected chi connectivity index (χ4v) is 6.65. The first-order valence-electron chi connectivity index (χ1n) is 10.2. The fraction of sp³-hybridized carbons (Fsp3) is 0.0833. The minimum absolute atomic E-state index is 0.158. The summed E-state index contributed by atoms with van der Waals surface area (Å²) in [5.74, 6) is -0.165. The molecule has 0 saturated carbocycles. The van der Waals surface area contributed by atoms with Crippen LogP contribution in [0, 0.1) is 13.8 Å². The zero-order chi connectivity index (χ0) is 25.5. The van der Waals surface area contributed by atoms with Crippen molar-refractivity contribution in [3.8, 4) is 5.75 Å². The monoisotopic (exact) mass is 550 g/mol. The summed E-state index contributed by atoms with van der Waals surface area (Å²) in [6, 6.07) is 15.8. The van der Waals surface area contributed by atoms with Crippen LogP contribution in [0.15, 0.2) is 76.5 Å². The fourth-order valence-electron chi connectivity index (χ4n) is 3.55. The number of benzene rings is 4. The molecule has 0 unspecified atom stereocenters. The number of aryl methyl sites for hydroxylation is 2. The van der Waals surface area contributed by atoms with Gasteiger partial charge in [0.1, 0.15) is 5.75 Å². The first-order valence-corrected chi connectivity index (χ1v) is 13.9. The molecule has 0 amide bonds. The van der Waals surface area contributed by atoms with Gasteiger partial charge in [-0.2, -0.15) is 0 Å². The van der Waals surface area contributed by atoms with Crippen LogP contribution in [0.5, 0.6) is 5.75 Å². The Bertz CT molecular complexity index is 1690. The maximum Gasteiger partial charge on any atom is 0.262 e. The molecular weight excluding hydrogens is 531 g/mol. The molecule has 0 heterocycles. The zero-order valence-corrected chi connectivity index (χ0v) is 21.6. The maximum atomic E-state index is 13.4. The van der Waals surface area contributed by atoms with E-state index in [-0.39, 0.29) is 26.6 Å². The largest absolute Gasteiger partial charge is 0.508 e. The lowest BCUT2D eigenvalue weighted by atomic mass is 10.1. The van der Waals surface area contributed by atoms with E-state index >= 15 is 0 Å². The van der Waals surface area contributed by atoms with Crippen LogP contribution in [0.4, 0.5) is 11.4 Å². The molecule has 11 heteroatoms. The Morgan fingerprint density at radius 1 is 0.686 bits per heavy atom. The summed E-state index contributed by atoms with van der Waals surface area (Å²) in [5.41, 5.74) is 1.77. The standard InChI is InChI=1S/C24H20Cl2N2O5S2/c1-14-9-17(25)4-7-22(14)27-34(30,31)20-11-16-3-6-19(29)12-21(16)24(13-20)35(32,33)28-23-8-5-18(26)10-15(23)2/h3-13,27-29H,1-2H3. The van der Waals surface area contributed by atoms with Crippen molar-refractivity contribution in [2.75, 3.05) is 9.44 Å². The number of aromatic hydroxyl groups is 1. The Morgan fingerprint density at radius 3 is 1.77 bits per heavy atom. The molecule has 0 fully saturated rings. The highest BCUT2D eigenvalue weighted by Crippen LogP contribution is 2.33. The van der Waals surface area contributed by atoms with E-state index in [1.165, 1.54) is 42.5 Å². The number of halogens is 2. The highest BCUT2D eigenvalue weighted by atomic mass is 35.5. The van der Waals surface area contributed by atoms with Gasteiger partial charge in [0.15, 0.2) is 0 Å². The molecule has 0 spiro atoms. The van der Waals surface area contributed by atoms with Crippen molar-refractivity contribution in [3.63, 3.8) is 0 Å². The van der Waals surface area contributed by atoms with Gasteiger partial charge in [0.25, 0.3) is 20.0 Å². The minimum atomic E-state index is -4.28. The van der Waals surface area contributed by atoms with Gasteiger partial charge in [0.05, 0.1) is 21.2 Å². The van der Waals surface area contributed by atoms with Gasteiger partial charge in [0, 0.05) is 15.4 Å². The van der Waals surface area contributed by atoms with Crippen LogP contribution in [0.2, 0.25) is 10.0 Å². The third kappa shape index (κ3) is 5.33. The first-order chi connectivity index (χ1) is 16.4. The maximum absolute atomic E-state index is 13.4. The van der Waals surface area contributed by atoms with Crippen LogP contribution in [-0.4, -0.2) is 21.9 Å². The van der Waals surface area contributed by atoms with E-state index in [0.29, 0.717) is 32.2 Å². The molecule has 3 N–H and O–H groups in total. The van der Waals surface area contributed by atoms with Gasteiger partial charge in [-0.25, -0.2) is 16.8 Å². The number of hydrogen-bond acceptors (Lipinski definition) is 5. The zero-order valence-electron chi connectivity index (χ0n) is 18.5. The van der Waals surface area contributed by atoms with Crippen molar-refractivity contribution in [1.82, 2.24) is 0 Å². The molecule has 0 aromatic heterocycles. The Hall–Kier alpha value is -2.98. The van der Waals surface area contributed by atoms with Gasteiger partial charge in [-0.1, -0.05) is 29.3 Å². The number of anilines is 2. The van der Waals surface area contributed by atoms with Gasteiger partial charge in [-0.3, -0.25) is 9.44 Å². The summed E-state index contributed by atoms with van der Waals surface area (Å²) >= 11 is 11.9. The Kier molecular flexibility index (Phi) is 6.63. The van der Waals surface area contributed by atoms with Crippen LogP contribution in [-0.2, 0) is 20.0 Å². The second-order valence-electron chi connectivity index (χ2n) is 7.96. The molecule has 182 valence electrons. The molecule has 0 radical (unpaired) electrons. The summed E-state index contributed by atoms with van der Waals surface area (Å²) in [6.45, 7) is 3.38. The molecule has 4 rings (SSSR count). The third-order valence-corrected chi connectivity index (χ3v) is 8.56. The van der Waals surface area contributed by atoms with Crippen molar-refractivity contribution in [3.05, 3.63) is 87.9 Å². The number of sulfonamides is 2. The predicted molar refractivity (Wildman–Crippen MR) is 140 cm³/mol. The lowest BCUT2D eigenvalue weighted by Crippen LogP contribution is -2.17. The van der Waals surface area contributed by atoms with Gasteiger partial charge < -0.3 is 5.11 Å². The normalized spacial score (nSPS) is 12.0. The van der Waals surface area contributed by atoms with E-state index in [2.05, 4.69) is 9.44 Å². The van der Waals surface area contributed by atoms with Crippen molar-refractivity contribution in [2.45, 2.75) is 23.6 Å². The van der Waals surface area contributed by atoms with E-state index in [4.69, 9.17) is 23.2 Å². The molecule has 0 saturated heterocycles. The molecule has 4 aromatic rings. The summed E-state index contributed by atoms with van der Waals surface area (Å²) in [7, 11) is -8.46. The quantitative estimate of drug-likeness (QED) is 0.269. The van der Waals surface area contributed by atoms with Crippen LogP contribution in [0.1, 0.15) is 11.1 Å². The van der Waals surface area contributed by atoms with Crippen molar-refractivity contribution in [2.24, 2.45) is 0 Å². The second kappa shape index (κ2) is 9.23. The Balaban J connectivity index is 1.86. The van der Waals surface area contributed by atoms with Gasteiger partial charge in [-0.15, -0.1) is 0 Å². The number of fused-ring (bicyclic) bond motifs is 1. The van der Waals surface area contributed by atoms with E-state index in [0.717, 1.165) is 6.07 Å². The highest BCUT2D eigenvalue weighted by Gasteiger charge is 2.24. The summed E-state index contributed by atoms with van der Waals surface area (Å²) in [6.07, 6.45) is 0. The Labute approximate surface area is 213 Å². The smallest absolute Gasteiger partial charge is 0.262 e. The predicted octanol–water partition coefficient (Wildman–Crippen LogP) is 6.07. The molecule has 35 heavy (non-hydrogen) atoms. The lowest BCUT2D eigenvalue weighted by Gasteiger charge is -2.16. The molecule has 0 atom stereocenters. The number of rotatable bonds is 6. The second-order valence-corrected chi connectivity index (χ2v) is 12.2. The first kappa shape index (κ1) is 25.1. The highest BCUT2D eigenvalue weighted by molar-refractivity contribution is 7.93. The molecule has 7 nitrogen and oxygen atoms in total. The van der Waals surface area contributed by atoms with Crippen LogP contribution in [0.25, 0.3) is 10.8 Å². The summed E-state index contributed by atoms with van der Waals surface area (Å²) in [5, 5.41) is 11.4. The van der Waals surface area contributed by atoms with E-state index < -0.39 is 20.0 Å².